The van der Waals surface area contributed by atoms with Crippen LogP contribution in [-0.2, 0) is 14.2 Å². The molecular formula is C13H23NO4. The predicted molar refractivity (Wildman–Crippen MR) is 66.3 cm³/mol. The standard InChI is InChI=1S/C13H23NO4/c1-10(2)18-12(15)14(3)11-4-6-13(7-5-11)16-8-9-17-13/h10-11H,4-9H2,1-3H3. The van der Waals surface area contributed by atoms with Crippen molar-refractivity contribution in [3.05, 3.63) is 0 Å². The number of nitrogens with zero attached hydrogens (tertiary/aromatic N) is 1. The Bertz CT molecular complexity index is 289. The van der Waals surface area contributed by atoms with Crippen LogP contribution in [0.1, 0.15) is 39.5 Å². The van der Waals surface area contributed by atoms with Gasteiger partial charge in [0.15, 0.2) is 5.79 Å². The van der Waals surface area contributed by atoms with Crippen LogP contribution in [0, 0.1) is 0 Å². The third-order valence-corrected chi connectivity index (χ3v) is 3.70. The van der Waals surface area contributed by atoms with Gasteiger partial charge < -0.3 is 19.1 Å². The summed E-state index contributed by atoms with van der Waals surface area (Å²) >= 11 is 0. The molecule has 1 spiro atoms. The number of carbonyl (C=O) groups excluding carboxylic acids is 1. The zero-order valence-electron chi connectivity index (χ0n) is 11.5. The molecule has 0 aromatic heterocycles. The predicted octanol–water partition coefficient (Wildman–Crippen LogP) is 2.15. The van der Waals surface area contributed by atoms with Gasteiger partial charge >= 0.3 is 6.09 Å². The molecule has 104 valence electrons. The topological polar surface area (TPSA) is 48.0 Å². The molecule has 0 unspecified atom stereocenters. The molecule has 2 aliphatic rings. The van der Waals surface area contributed by atoms with Crippen LogP contribution in [0.3, 0.4) is 0 Å². The van der Waals surface area contributed by atoms with E-state index >= 15 is 0 Å². The van der Waals surface area contributed by atoms with Crippen LogP contribution < -0.4 is 0 Å². The van der Waals surface area contributed by atoms with E-state index in [1.807, 2.05) is 20.9 Å². The molecule has 5 heteroatoms. The van der Waals surface area contributed by atoms with Gasteiger partial charge in [0.1, 0.15) is 0 Å². The number of ether oxygens (including phenoxy) is 3. The van der Waals surface area contributed by atoms with Gasteiger partial charge in [-0.25, -0.2) is 4.79 Å². The van der Waals surface area contributed by atoms with Crippen LogP contribution in [-0.4, -0.2) is 49.2 Å². The monoisotopic (exact) mass is 257 g/mol. The van der Waals surface area contributed by atoms with E-state index in [0.717, 1.165) is 25.7 Å². The van der Waals surface area contributed by atoms with E-state index in [2.05, 4.69) is 0 Å². The molecule has 2 fully saturated rings. The first kappa shape index (κ1) is 13.6. The van der Waals surface area contributed by atoms with E-state index < -0.39 is 0 Å². The highest BCUT2D eigenvalue weighted by Crippen LogP contribution is 2.37. The Balaban J connectivity index is 1.83. The molecule has 1 aliphatic heterocycles. The van der Waals surface area contributed by atoms with Crippen LogP contribution in [0.15, 0.2) is 0 Å². The van der Waals surface area contributed by atoms with Gasteiger partial charge in [-0.15, -0.1) is 0 Å². The van der Waals surface area contributed by atoms with Gasteiger partial charge in [-0.3, -0.25) is 0 Å². The van der Waals surface area contributed by atoms with Gasteiger partial charge in [0, 0.05) is 25.9 Å². The van der Waals surface area contributed by atoms with Gasteiger partial charge in [-0.05, 0) is 26.7 Å². The van der Waals surface area contributed by atoms with E-state index in [1.165, 1.54) is 0 Å². The van der Waals surface area contributed by atoms with E-state index in [0.29, 0.717) is 13.2 Å². The molecule has 0 bridgehead atoms. The zero-order chi connectivity index (χ0) is 13.2. The van der Waals surface area contributed by atoms with Crippen molar-refractivity contribution in [1.29, 1.82) is 0 Å². The van der Waals surface area contributed by atoms with Gasteiger partial charge in [-0.2, -0.15) is 0 Å². The van der Waals surface area contributed by atoms with Crippen LogP contribution in [0.4, 0.5) is 4.79 Å². The van der Waals surface area contributed by atoms with Crippen LogP contribution >= 0.6 is 0 Å². The molecule has 0 atom stereocenters. The summed E-state index contributed by atoms with van der Waals surface area (Å²) in [6, 6.07) is 0.231. The minimum absolute atomic E-state index is 0.0728. The molecule has 5 nitrogen and oxygen atoms in total. The Labute approximate surface area is 108 Å². The van der Waals surface area contributed by atoms with E-state index in [1.54, 1.807) is 4.90 Å². The fourth-order valence-electron chi connectivity index (χ4n) is 2.65. The second-order valence-corrected chi connectivity index (χ2v) is 5.38. The lowest BCUT2D eigenvalue weighted by molar-refractivity contribution is -0.182. The lowest BCUT2D eigenvalue weighted by Crippen LogP contribution is -2.45. The molecule has 1 aliphatic carbocycles. The van der Waals surface area contributed by atoms with E-state index in [9.17, 15) is 4.79 Å². The van der Waals surface area contributed by atoms with Crippen molar-refractivity contribution in [2.45, 2.75) is 57.5 Å². The Morgan fingerprint density at radius 1 is 1.28 bits per heavy atom. The maximum absolute atomic E-state index is 11.8. The normalized spacial score (nSPS) is 23.6. The van der Waals surface area contributed by atoms with Crippen molar-refractivity contribution in [2.24, 2.45) is 0 Å². The summed E-state index contributed by atoms with van der Waals surface area (Å²) in [5, 5.41) is 0. The van der Waals surface area contributed by atoms with Gasteiger partial charge in [0.2, 0.25) is 0 Å². The Morgan fingerprint density at radius 2 is 1.83 bits per heavy atom. The third kappa shape index (κ3) is 2.95. The van der Waals surface area contributed by atoms with Crippen molar-refractivity contribution in [3.8, 4) is 0 Å². The molecule has 1 saturated heterocycles. The largest absolute Gasteiger partial charge is 0.447 e. The minimum atomic E-state index is -0.362. The second-order valence-electron chi connectivity index (χ2n) is 5.38. The summed E-state index contributed by atoms with van der Waals surface area (Å²) in [5.74, 6) is -0.362. The lowest BCUT2D eigenvalue weighted by Gasteiger charge is -2.38. The second kappa shape index (κ2) is 5.45. The van der Waals surface area contributed by atoms with Crippen molar-refractivity contribution < 1.29 is 19.0 Å². The smallest absolute Gasteiger partial charge is 0.410 e. The number of rotatable bonds is 2. The Hall–Kier alpha value is -0.810. The summed E-state index contributed by atoms with van der Waals surface area (Å²) in [6.07, 6.45) is 3.22. The summed E-state index contributed by atoms with van der Waals surface area (Å²) in [7, 11) is 1.81. The lowest BCUT2D eigenvalue weighted by atomic mass is 9.89. The Morgan fingerprint density at radius 3 is 2.33 bits per heavy atom. The summed E-state index contributed by atoms with van der Waals surface area (Å²) in [5.41, 5.74) is 0. The number of hydrogen-bond donors (Lipinski definition) is 0. The van der Waals surface area contributed by atoms with Crippen molar-refractivity contribution >= 4 is 6.09 Å². The fourth-order valence-corrected chi connectivity index (χ4v) is 2.65. The maximum atomic E-state index is 11.8. The SMILES string of the molecule is CC(C)OC(=O)N(C)C1CCC2(CC1)OCCO2. The summed E-state index contributed by atoms with van der Waals surface area (Å²) in [4.78, 5) is 13.5. The number of hydrogen-bond acceptors (Lipinski definition) is 4. The van der Waals surface area contributed by atoms with Gasteiger partial charge in [-0.1, -0.05) is 0 Å². The van der Waals surface area contributed by atoms with Crippen LogP contribution in [0.5, 0.6) is 0 Å². The average molecular weight is 257 g/mol. The summed E-state index contributed by atoms with van der Waals surface area (Å²) < 4.78 is 16.6. The minimum Gasteiger partial charge on any atom is -0.447 e. The first-order chi connectivity index (χ1) is 8.52. The van der Waals surface area contributed by atoms with Gasteiger partial charge in [0.05, 0.1) is 19.3 Å². The molecule has 0 N–H and O–H groups in total. The number of amides is 1. The highest BCUT2D eigenvalue weighted by molar-refractivity contribution is 5.67. The van der Waals surface area contributed by atoms with Crippen molar-refractivity contribution in [2.75, 3.05) is 20.3 Å². The highest BCUT2D eigenvalue weighted by atomic mass is 16.7. The van der Waals surface area contributed by atoms with Crippen molar-refractivity contribution in [3.63, 3.8) is 0 Å². The molecule has 0 radical (unpaired) electrons. The molecule has 18 heavy (non-hydrogen) atoms. The van der Waals surface area contributed by atoms with E-state index in [4.69, 9.17) is 14.2 Å². The van der Waals surface area contributed by atoms with Crippen LogP contribution in [0.2, 0.25) is 0 Å². The molecule has 2 rings (SSSR count). The highest BCUT2D eigenvalue weighted by Gasteiger charge is 2.41. The molecule has 1 amide bonds. The van der Waals surface area contributed by atoms with E-state index in [-0.39, 0.29) is 24.0 Å². The summed E-state index contributed by atoms with van der Waals surface area (Å²) in [6.45, 7) is 5.11. The molecule has 0 aromatic rings. The molecule has 1 heterocycles. The third-order valence-electron chi connectivity index (χ3n) is 3.70. The maximum Gasteiger partial charge on any atom is 0.410 e. The van der Waals surface area contributed by atoms with Crippen LogP contribution in [0.25, 0.3) is 0 Å². The molecule has 0 aromatic carbocycles. The first-order valence-corrected chi connectivity index (χ1v) is 6.74. The number of carbonyl (C=O) groups is 1. The first-order valence-electron chi connectivity index (χ1n) is 6.74. The fraction of sp³-hybridized carbons (Fsp3) is 0.923. The quantitative estimate of drug-likeness (QED) is 0.760. The Kier molecular flexibility index (Phi) is 4.12. The molecule has 1 saturated carbocycles. The van der Waals surface area contributed by atoms with Crippen molar-refractivity contribution in [1.82, 2.24) is 4.90 Å². The van der Waals surface area contributed by atoms with Gasteiger partial charge in [0.25, 0.3) is 0 Å². The zero-order valence-corrected chi connectivity index (χ0v) is 11.5. The average Bonchev–Trinajstić information content (AvgIpc) is 2.77. The molecular weight excluding hydrogens is 234 g/mol.